The largest absolute Gasteiger partial charge is 0.353 e. The zero-order valence-electron chi connectivity index (χ0n) is 14.8. The molecule has 8 nitrogen and oxygen atoms in total. The van der Waals surface area contributed by atoms with E-state index in [1.54, 1.807) is 6.20 Å². The number of anilines is 3. The highest BCUT2D eigenvalue weighted by atomic mass is 15.3. The molecular weight excluding hydrogens is 316 g/mol. The van der Waals surface area contributed by atoms with Crippen molar-refractivity contribution in [3.05, 3.63) is 36.4 Å². The number of hydrogen-bond acceptors (Lipinski definition) is 7. The Bertz CT molecular complexity index is 879. The molecule has 0 aromatic carbocycles. The van der Waals surface area contributed by atoms with Gasteiger partial charge in [-0.25, -0.2) is 14.5 Å². The maximum Gasteiger partial charge on any atom is 0.226 e. The molecule has 25 heavy (non-hydrogen) atoms. The summed E-state index contributed by atoms with van der Waals surface area (Å²) < 4.78 is 1.87. The van der Waals surface area contributed by atoms with Gasteiger partial charge in [-0.1, -0.05) is 0 Å². The highest BCUT2D eigenvalue weighted by molar-refractivity contribution is 5.68. The van der Waals surface area contributed by atoms with E-state index in [2.05, 4.69) is 35.9 Å². The van der Waals surface area contributed by atoms with Crippen molar-refractivity contribution in [3.8, 4) is 0 Å². The highest BCUT2D eigenvalue weighted by Crippen LogP contribution is 2.22. The van der Waals surface area contributed by atoms with Crippen molar-refractivity contribution in [2.75, 3.05) is 55.0 Å². The van der Waals surface area contributed by atoms with Crippen LogP contribution in [0.4, 0.5) is 17.6 Å². The first kappa shape index (κ1) is 15.6. The van der Waals surface area contributed by atoms with Crippen molar-refractivity contribution in [1.29, 1.82) is 0 Å². The summed E-state index contributed by atoms with van der Waals surface area (Å²) in [4.78, 5) is 20.3. The van der Waals surface area contributed by atoms with Gasteiger partial charge in [-0.15, -0.1) is 0 Å². The number of nitrogens with zero attached hydrogens (tertiary/aromatic N) is 8. The molecule has 1 fully saturated rings. The Morgan fingerprint density at radius 3 is 2.52 bits per heavy atom. The fraction of sp³-hybridized carbons (Fsp3) is 0.412. The fourth-order valence-corrected chi connectivity index (χ4v) is 3.13. The lowest BCUT2D eigenvalue weighted by molar-refractivity contribution is 0.640. The van der Waals surface area contributed by atoms with Crippen LogP contribution in [0.25, 0.3) is 5.52 Å². The molecule has 1 saturated heterocycles. The summed E-state index contributed by atoms with van der Waals surface area (Å²) in [5.74, 6) is 2.74. The summed E-state index contributed by atoms with van der Waals surface area (Å²) in [6, 6.07) is 4.06. The van der Waals surface area contributed by atoms with Gasteiger partial charge in [0.25, 0.3) is 0 Å². The van der Waals surface area contributed by atoms with Crippen LogP contribution in [0.3, 0.4) is 0 Å². The van der Waals surface area contributed by atoms with Gasteiger partial charge in [0.15, 0.2) is 5.82 Å². The summed E-state index contributed by atoms with van der Waals surface area (Å²) in [6.07, 6.45) is 5.49. The first-order valence-electron chi connectivity index (χ1n) is 8.43. The van der Waals surface area contributed by atoms with Crippen molar-refractivity contribution in [2.45, 2.75) is 6.92 Å². The number of fused-ring (bicyclic) bond motifs is 1. The summed E-state index contributed by atoms with van der Waals surface area (Å²) in [6.45, 7) is 5.62. The Morgan fingerprint density at radius 2 is 1.76 bits per heavy atom. The van der Waals surface area contributed by atoms with E-state index in [1.807, 2.05) is 48.9 Å². The third kappa shape index (κ3) is 2.95. The van der Waals surface area contributed by atoms with Crippen LogP contribution in [-0.2, 0) is 0 Å². The molecule has 4 heterocycles. The van der Waals surface area contributed by atoms with Gasteiger partial charge in [0, 0.05) is 64.4 Å². The van der Waals surface area contributed by atoms with Gasteiger partial charge in [0.05, 0.1) is 6.20 Å². The number of rotatable bonds is 3. The summed E-state index contributed by atoms with van der Waals surface area (Å²) in [7, 11) is 3.93. The van der Waals surface area contributed by atoms with Crippen molar-refractivity contribution in [1.82, 2.24) is 24.6 Å². The molecular formula is C17H22N8. The molecule has 3 aromatic rings. The minimum absolute atomic E-state index is 0.753. The molecule has 0 amide bonds. The number of aromatic nitrogens is 5. The van der Waals surface area contributed by atoms with Crippen LogP contribution < -0.4 is 14.7 Å². The molecule has 0 spiro atoms. The molecule has 8 heteroatoms. The molecule has 0 bridgehead atoms. The summed E-state index contributed by atoms with van der Waals surface area (Å²) in [5.41, 5.74) is 2.03. The minimum atomic E-state index is 0.753. The maximum atomic E-state index is 4.69. The van der Waals surface area contributed by atoms with Gasteiger partial charge in [-0.3, -0.25) is 0 Å². The van der Waals surface area contributed by atoms with E-state index in [0.29, 0.717) is 0 Å². The second-order valence-electron chi connectivity index (χ2n) is 6.45. The van der Waals surface area contributed by atoms with E-state index in [1.165, 1.54) is 0 Å². The first-order valence-corrected chi connectivity index (χ1v) is 8.43. The summed E-state index contributed by atoms with van der Waals surface area (Å²) >= 11 is 0. The average Bonchev–Trinajstić information content (AvgIpc) is 3.10. The van der Waals surface area contributed by atoms with Crippen LogP contribution in [0.1, 0.15) is 5.69 Å². The molecule has 0 unspecified atom stereocenters. The van der Waals surface area contributed by atoms with Gasteiger partial charge < -0.3 is 14.7 Å². The summed E-state index contributed by atoms with van der Waals surface area (Å²) in [5, 5.41) is 4.29. The quantitative estimate of drug-likeness (QED) is 0.711. The molecule has 0 radical (unpaired) electrons. The molecule has 1 aliphatic heterocycles. The SMILES string of the molecule is Cc1cc(N2CCN(c3nccn4nccc34)CC2)nc(N(C)C)n1. The lowest BCUT2D eigenvalue weighted by Gasteiger charge is -2.36. The monoisotopic (exact) mass is 338 g/mol. The van der Waals surface area contributed by atoms with Gasteiger partial charge in [0.2, 0.25) is 5.95 Å². The zero-order valence-corrected chi connectivity index (χ0v) is 14.8. The molecule has 130 valence electrons. The van der Waals surface area contributed by atoms with Crippen molar-refractivity contribution in [3.63, 3.8) is 0 Å². The van der Waals surface area contributed by atoms with E-state index in [9.17, 15) is 0 Å². The van der Waals surface area contributed by atoms with E-state index >= 15 is 0 Å². The predicted molar refractivity (Wildman–Crippen MR) is 98.5 cm³/mol. The minimum Gasteiger partial charge on any atom is -0.353 e. The molecule has 0 aliphatic carbocycles. The lowest BCUT2D eigenvalue weighted by Crippen LogP contribution is -2.47. The third-order valence-electron chi connectivity index (χ3n) is 4.44. The van der Waals surface area contributed by atoms with Gasteiger partial charge >= 0.3 is 0 Å². The number of piperazine rings is 1. The van der Waals surface area contributed by atoms with Gasteiger partial charge in [0.1, 0.15) is 11.3 Å². The van der Waals surface area contributed by atoms with Gasteiger partial charge in [-0.2, -0.15) is 10.1 Å². The zero-order chi connectivity index (χ0) is 17.4. The van der Waals surface area contributed by atoms with Crippen molar-refractivity contribution >= 4 is 23.1 Å². The van der Waals surface area contributed by atoms with Crippen LogP contribution in [0.15, 0.2) is 30.7 Å². The lowest BCUT2D eigenvalue weighted by atomic mass is 10.3. The Hall–Kier alpha value is -2.90. The average molecular weight is 338 g/mol. The Labute approximate surface area is 146 Å². The second-order valence-corrected chi connectivity index (χ2v) is 6.45. The Balaban J connectivity index is 1.53. The van der Waals surface area contributed by atoms with Crippen LogP contribution >= 0.6 is 0 Å². The molecule has 0 saturated carbocycles. The van der Waals surface area contributed by atoms with Crippen molar-refractivity contribution < 1.29 is 0 Å². The molecule has 0 atom stereocenters. The Morgan fingerprint density at radius 1 is 1.00 bits per heavy atom. The first-order chi connectivity index (χ1) is 12.1. The highest BCUT2D eigenvalue weighted by Gasteiger charge is 2.21. The molecule has 4 rings (SSSR count). The second kappa shape index (κ2) is 6.19. The van der Waals surface area contributed by atoms with Crippen LogP contribution in [-0.4, -0.2) is 64.8 Å². The number of hydrogen-bond donors (Lipinski definition) is 0. The Kier molecular flexibility index (Phi) is 3.87. The maximum absolute atomic E-state index is 4.69. The van der Waals surface area contributed by atoms with E-state index in [4.69, 9.17) is 0 Å². The van der Waals surface area contributed by atoms with E-state index < -0.39 is 0 Å². The van der Waals surface area contributed by atoms with Gasteiger partial charge in [-0.05, 0) is 13.0 Å². The smallest absolute Gasteiger partial charge is 0.226 e. The van der Waals surface area contributed by atoms with E-state index in [-0.39, 0.29) is 0 Å². The topological polar surface area (TPSA) is 65.7 Å². The fourth-order valence-electron chi connectivity index (χ4n) is 3.13. The molecule has 3 aromatic heterocycles. The van der Waals surface area contributed by atoms with Crippen molar-refractivity contribution in [2.24, 2.45) is 0 Å². The number of aryl methyl sites for hydroxylation is 1. The predicted octanol–water partition coefficient (Wildman–Crippen LogP) is 1.22. The van der Waals surface area contributed by atoms with E-state index in [0.717, 1.165) is 55.0 Å². The molecule has 0 N–H and O–H groups in total. The normalized spacial score (nSPS) is 15.0. The van der Waals surface area contributed by atoms with Crippen LogP contribution in [0.5, 0.6) is 0 Å². The standard InChI is InChI=1S/C17H22N8/c1-13-12-15(21-17(20-13)22(2)3)23-8-10-24(11-9-23)16-14-4-5-19-25(14)7-6-18-16/h4-7,12H,8-11H2,1-3H3. The van der Waals surface area contributed by atoms with Crippen LogP contribution in [0.2, 0.25) is 0 Å². The molecule has 1 aliphatic rings. The third-order valence-corrected chi connectivity index (χ3v) is 4.44. The van der Waals surface area contributed by atoms with Crippen LogP contribution in [0, 0.1) is 6.92 Å².